The molecule has 3 heteroatoms. The zero-order valence-corrected chi connectivity index (χ0v) is 13.0. The van der Waals surface area contributed by atoms with Gasteiger partial charge < -0.3 is 14.2 Å². The van der Waals surface area contributed by atoms with E-state index >= 15 is 0 Å². The van der Waals surface area contributed by atoms with Gasteiger partial charge in [-0.05, 0) is 70.5 Å². The minimum atomic E-state index is 0.382. The van der Waals surface area contributed by atoms with E-state index in [-0.39, 0.29) is 0 Å². The molecule has 2 aliphatic rings. The van der Waals surface area contributed by atoms with E-state index < -0.39 is 0 Å². The molecule has 0 atom stereocenters. The van der Waals surface area contributed by atoms with E-state index in [2.05, 4.69) is 54.0 Å². The monoisotopic (exact) mass is 284 g/mol. The first kappa shape index (κ1) is 13.2. The molecule has 0 amide bonds. The van der Waals surface area contributed by atoms with Crippen LogP contribution in [-0.2, 0) is 6.54 Å². The predicted octanol–water partition coefficient (Wildman–Crippen LogP) is 3.67. The molecule has 1 aromatic heterocycles. The summed E-state index contributed by atoms with van der Waals surface area (Å²) in [6, 6.07) is 8.76. The number of fused-ring (bicyclic) bond motifs is 1. The van der Waals surface area contributed by atoms with Crippen LogP contribution >= 0.6 is 0 Å². The first-order valence-electron chi connectivity index (χ1n) is 8.09. The van der Waals surface area contributed by atoms with Crippen molar-refractivity contribution in [1.29, 1.82) is 0 Å². The molecule has 0 unspecified atom stereocenters. The van der Waals surface area contributed by atoms with Crippen molar-refractivity contribution in [2.75, 3.05) is 14.1 Å². The van der Waals surface area contributed by atoms with Gasteiger partial charge in [0.05, 0.1) is 6.10 Å². The van der Waals surface area contributed by atoms with E-state index in [0.717, 1.165) is 12.3 Å². The smallest absolute Gasteiger partial charge is 0.120 e. The molecule has 3 nitrogen and oxygen atoms in total. The lowest BCUT2D eigenvalue weighted by molar-refractivity contribution is 0.120. The summed E-state index contributed by atoms with van der Waals surface area (Å²) in [4.78, 5) is 2.38. The number of rotatable bonds is 5. The molecule has 0 spiro atoms. The first-order chi connectivity index (χ1) is 10.2. The number of nitrogens with zero attached hydrogens (tertiary/aromatic N) is 2. The second-order valence-corrected chi connectivity index (χ2v) is 6.95. The third kappa shape index (κ3) is 2.34. The molecule has 112 valence electrons. The van der Waals surface area contributed by atoms with Crippen LogP contribution < -0.4 is 4.74 Å². The molecular weight excluding hydrogens is 260 g/mol. The minimum absolute atomic E-state index is 0.382. The van der Waals surface area contributed by atoms with Crippen molar-refractivity contribution in [1.82, 2.24) is 9.47 Å². The van der Waals surface area contributed by atoms with Gasteiger partial charge in [-0.2, -0.15) is 0 Å². The maximum Gasteiger partial charge on any atom is 0.120 e. The van der Waals surface area contributed by atoms with Gasteiger partial charge in [-0.25, -0.2) is 0 Å². The minimum Gasteiger partial charge on any atom is -0.490 e. The van der Waals surface area contributed by atoms with Gasteiger partial charge >= 0.3 is 0 Å². The summed E-state index contributed by atoms with van der Waals surface area (Å²) in [6.07, 6.45) is 9.03. The molecule has 0 saturated heterocycles. The average Bonchev–Trinajstić information content (AvgIpc) is 3.11. The summed E-state index contributed by atoms with van der Waals surface area (Å²) in [6.45, 7) is 1.09. The fourth-order valence-corrected chi connectivity index (χ4v) is 3.28. The SMILES string of the molecule is CN(C)C1(Cn2ccc3cc(OC4CCC4)ccc32)CC1. The van der Waals surface area contributed by atoms with E-state index in [1.165, 1.54) is 43.0 Å². The fraction of sp³-hybridized carbons (Fsp3) is 0.556. The van der Waals surface area contributed by atoms with Gasteiger partial charge in [-0.3, -0.25) is 0 Å². The normalized spacial score (nSPS) is 20.7. The molecule has 1 heterocycles. The maximum atomic E-state index is 6.00. The van der Waals surface area contributed by atoms with Gasteiger partial charge in [0.15, 0.2) is 0 Å². The highest BCUT2D eigenvalue weighted by atomic mass is 16.5. The van der Waals surface area contributed by atoms with Crippen LogP contribution in [0, 0.1) is 0 Å². The molecule has 2 fully saturated rings. The van der Waals surface area contributed by atoms with E-state index in [0.29, 0.717) is 11.6 Å². The number of hydrogen-bond acceptors (Lipinski definition) is 2. The van der Waals surface area contributed by atoms with Crippen LogP contribution in [0.1, 0.15) is 32.1 Å². The first-order valence-corrected chi connectivity index (χ1v) is 8.09. The summed E-state index contributed by atoms with van der Waals surface area (Å²) >= 11 is 0. The highest BCUT2D eigenvalue weighted by Gasteiger charge is 2.45. The Balaban J connectivity index is 1.57. The number of benzene rings is 1. The van der Waals surface area contributed by atoms with Crippen LogP contribution in [0.2, 0.25) is 0 Å². The Hall–Kier alpha value is -1.48. The quantitative estimate of drug-likeness (QED) is 0.833. The molecule has 2 aromatic rings. The molecule has 0 N–H and O–H groups in total. The van der Waals surface area contributed by atoms with Crippen LogP contribution in [0.3, 0.4) is 0 Å². The molecule has 0 aliphatic heterocycles. The lowest BCUT2D eigenvalue weighted by atomic mass is 9.96. The molecule has 0 radical (unpaired) electrons. The zero-order valence-electron chi connectivity index (χ0n) is 13.0. The second kappa shape index (κ2) is 4.77. The van der Waals surface area contributed by atoms with Gasteiger partial charge in [-0.15, -0.1) is 0 Å². The predicted molar refractivity (Wildman–Crippen MR) is 85.9 cm³/mol. The largest absolute Gasteiger partial charge is 0.490 e. The van der Waals surface area contributed by atoms with E-state index in [9.17, 15) is 0 Å². The van der Waals surface area contributed by atoms with Crippen LogP contribution in [0.15, 0.2) is 30.5 Å². The van der Waals surface area contributed by atoms with E-state index in [1.807, 2.05) is 0 Å². The third-order valence-corrected chi connectivity index (χ3v) is 5.34. The average molecular weight is 284 g/mol. The number of aromatic nitrogens is 1. The lowest BCUT2D eigenvalue weighted by Gasteiger charge is -2.26. The molecule has 0 bridgehead atoms. The van der Waals surface area contributed by atoms with Crippen LogP contribution in [0.25, 0.3) is 10.9 Å². The van der Waals surface area contributed by atoms with Gasteiger partial charge in [0, 0.05) is 29.2 Å². The maximum absolute atomic E-state index is 6.00. The summed E-state index contributed by atoms with van der Waals surface area (Å²) < 4.78 is 8.40. The van der Waals surface area contributed by atoms with E-state index in [1.54, 1.807) is 0 Å². The van der Waals surface area contributed by atoms with Crippen molar-refractivity contribution >= 4 is 10.9 Å². The standard InChI is InChI=1S/C18H24N2O/c1-19(2)18(9-10-18)13-20-11-8-14-12-16(6-7-17(14)20)21-15-4-3-5-15/h6-8,11-12,15H,3-5,9-10,13H2,1-2H3. The van der Waals surface area contributed by atoms with Crippen molar-refractivity contribution in [2.45, 2.75) is 50.3 Å². The summed E-state index contributed by atoms with van der Waals surface area (Å²) in [5, 5.41) is 1.29. The number of likely N-dealkylation sites (N-methyl/N-ethyl adjacent to an activating group) is 1. The highest BCUT2D eigenvalue weighted by Crippen LogP contribution is 2.42. The molecule has 2 saturated carbocycles. The Kier molecular flexibility index (Phi) is 3.00. The second-order valence-electron chi connectivity index (χ2n) is 6.95. The lowest BCUT2D eigenvalue weighted by Crippen LogP contribution is -2.34. The Morgan fingerprint density at radius 3 is 2.67 bits per heavy atom. The Morgan fingerprint density at radius 2 is 2.05 bits per heavy atom. The fourth-order valence-electron chi connectivity index (χ4n) is 3.28. The van der Waals surface area contributed by atoms with Gasteiger partial charge in [0.25, 0.3) is 0 Å². The number of hydrogen-bond donors (Lipinski definition) is 0. The van der Waals surface area contributed by atoms with Crippen LogP contribution in [0.5, 0.6) is 5.75 Å². The van der Waals surface area contributed by atoms with Crippen LogP contribution in [-0.4, -0.2) is 35.2 Å². The van der Waals surface area contributed by atoms with Gasteiger partial charge in [0.1, 0.15) is 5.75 Å². The third-order valence-electron chi connectivity index (χ3n) is 5.34. The Morgan fingerprint density at radius 1 is 1.24 bits per heavy atom. The Bertz CT molecular complexity index is 650. The Labute approximate surface area is 126 Å². The molecule has 21 heavy (non-hydrogen) atoms. The number of ether oxygens (including phenoxy) is 1. The van der Waals surface area contributed by atoms with E-state index in [4.69, 9.17) is 4.74 Å². The van der Waals surface area contributed by atoms with Crippen molar-refractivity contribution in [3.05, 3.63) is 30.5 Å². The highest BCUT2D eigenvalue weighted by molar-refractivity contribution is 5.81. The topological polar surface area (TPSA) is 17.4 Å². The summed E-state index contributed by atoms with van der Waals surface area (Å²) in [7, 11) is 4.40. The van der Waals surface area contributed by atoms with Gasteiger partial charge in [0.2, 0.25) is 0 Å². The van der Waals surface area contributed by atoms with Crippen molar-refractivity contribution < 1.29 is 4.74 Å². The summed E-state index contributed by atoms with van der Waals surface area (Å²) in [5.41, 5.74) is 1.71. The molecule has 1 aromatic carbocycles. The van der Waals surface area contributed by atoms with Gasteiger partial charge in [-0.1, -0.05) is 0 Å². The van der Waals surface area contributed by atoms with Crippen molar-refractivity contribution in [2.24, 2.45) is 0 Å². The zero-order chi connectivity index (χ0) is 14.4. The molecule has 2 aliphatic carbocycles. The van der Waals surface area contributed by atoms with Crippen molar-refractivity contribution in [3.63, 3.8) is 0 Å². The molecule has 4 rings (SSSR count). The summed E-state index contributed by atoms with van der Waals surface area (Å²) in [5.74, 6) is 1.03. The van der Waals surface area contributed by atoms with Crippen molar-refractivity contribution in [3.8, 4) is 5.75 Å². The molecular formula is C18H24N2O. The van der Waals surface area contributed by atoms with Crippen LogP contribution in [0.4, 0.5) is 0 Å².